The van der Waals surface area contributed by atoms with Crippen molar-refractivity contribution in [3.8, 4) is 0 Å². The summed E-state index contributed by atoms with van der Waals surface area (Å²) in [6.45, 7) is 2.45. The molecule has 0 bridgehead atoms. The van der Waals surface area contributed by atoms with Crippen LogP contribution in [-0.4, -0.2) is 23.5 Å². The van der Waals surface area contributed by atoms with Gasteiger partial charge in [-0.2, -0.15) is 0 Å². The lowest BCUT2D eigenvalue weighted by Crippen LogP contribution is -2.41. The number of carbonyl (C=O) groups excluding carboxylic acids is 2. The topological polar surface area (TPSA) is 68.3 Å². The summed E-state index contributed by atoms with van der Waals surface area (Å²) in [7, 11) is 0. The van der Waals surface area contributed by atoms with E-state index in [9.17, 15) is 9.59 Å². The third-order valence-corrected chi connectivity index (χ3v) is 4.13. The van der Waals surface area contributed by atoms with Gasteiger partial charge in [-0.25, -0.2) is 0 Å². The van der Waals surface area contributed by atoms with Gasteiger partial charge in [-0.3, -0.25) is 14.6 Å². The van der Waals surface area contributed by atoms with Crippen molar-refractivity contribution >= 4 is 11.9 Å². The standard InChI is InChI=1S/C17H24N2O3/c1-2-22-17(21)15(14-8-4-3-5-9-14)16(20)19-12-13-7-6-10-18-11-13/h6-7,10-11,14-15H,2-5,8-9,12H2,1H3,(H,19,20)/t15-/m0/s1. The van der Waals surface area contributed by atoms with Crippen molar-refractivity contribution in [2.24, 2.45) is 11.8 Å². The number of nitrogens with one attached hydrogen (secondary N) is 1. The Morgan fingerprint density at radius 2 is 2.14 bits per heavy atom. The smallest absolute Gasteiger partial charge is 0.318 e. The molecular weight excluding hydrogens is 280 g/mol. The van der Waals surface area contributed by atoms with E-state index in [0.29, 0.717) is 13.2 Å². The predicted octanol–water partition coefficient (Wildman–Crippen LogP) is 2.46. The molecule has 0 saturated heterocycles. The second-order valence-corrected chi connectivity index (χ2v) is 5.71. The Bertz CT molecular complexity index is 484. The molecule has 1 aliphatic carbocycles. The zero-order valence-corrected chi connectivity index (χ0v) is 13.1. The molecule has 0 unspecified atom stereocenters. The summed E-state index contributed by atoms with van der Waals surface area (Å²) < 4.78 is 5.12. The third kappa shape index (κ3) is 4.55. The Hall–Kier alpha value is -1.91. The molecule has 120 valence electrons. The van der Waals surface area contributed by atoms with Crippen LogP contribution in [0.1, 0.15) is 44.6 Å². The lowest BCUT2D eigenvalue weighted by atomic mass is 9.79. The minimum absolute atomic E-state index is 0.0988. The number of aromatic nitrogens is 1. The maximum absolute atomic E-state index is 12.5. The molecule has 1 saturated carbocycles. The number of rotatable bonds is 6. The fourth-order valence-corrected chi connectivity index (χ4v) is 3.01. The van der Waals surface area contributed by atoms with Crippen LogP contribution in [0.5, 0.6) is 0 Å². The van der Waals surface area contributed by atoms with Crippen LogP contribution in [0.2, 0.25) is 0 Å². The van der Waals surface area contributed by atoms with Crippen molar-refractivity contribution in [3.63, 3.8) is 0 Å². The quantitative estimate of drug-likeness (QED) is 0.647. The second kappa shape index (κ2) is 8.51. The fraction of sp³-hybridized carbons (Fsp3) is 0.588. The first-order chi connectivity index (χ1) is 10.7. The average Bonchev–Trinajstić information content (AvgIpc) is 2.55. The number of carbonyl (C=O) groups is 2. The highest BCUT2D eigenvalue weighted by Crippen LogP contribution is 2.31. The number of pyridine rings is 1. The van der Waals surface area contributed by atoms with Gasteiger partial charge in [0, 0.05) is 18.9 Å². The molecule has 2 rings (SSSR count). The number of hydrogen-bond acceptors (Lipinski definition) is 4. The van der Waals surface area contributed by atoms with E-state index in [0.717, 1.165) is 31.2 Å². The summed E-state index contributed by atoms with van der Waals surface area (Å²) in [5.41, 5.74) is 0.919. The van der Waals surface area contributed by atoms with Gasteiger partial charge >= 0.3 is 5.97 Å². The third-order valence-electron chi connectivity index (χ3n) is 4.13. The van der Waals surface area contributed by atoms with E-state index in [4.69, 9.17) is 4.74 Å². The summed E-state index contributed by atoms with van der Waals surface area (Å²) >= 11 is 0. The van der Waals surface area contributed by atoms with Gasteiger partial charge in [-0.1, -0.05) is 25.3 Å². The monoisotopic (exact) mass is 304 g/mol. The lowest BCUT2D eigenvalue weighted by Gasteiger charge is -2.27. The van der Waals surface area contributed by atoms with Gasteiger partial charge in [-0.05, 0) is 37.3 Å². The molecule has 1 aliphatic rings. The van der Waals surface area contributed by atoms with Gasteiger partial charge in [0.1, 0.15) is 5.92 Å². The Morgan fingerprint density at radius 3 is 2.77 bits per heavy atom. The van der Waals surface area contributed by atoms with Crippen molar-refractivity contribution in [2.75, 3.05) is 6.61 Å². The molecule has 5 heteroatoms. The van der Waals surface area contributed by atoms with Crippen molar-refractivity contribution in [2.45, 2.75) is 45.6 Å². The van der Waals surface area contributed by atoms with E-state index >= 15 is 0 Å². The Morgan fingerprint density at radius 1 is 1.36 bits per heavy atom. The van der Waals surface area contributed by atoms with E-state index in [2.05, 4.69) is 10.3 Å². The second-order valence-electron chi connectivity index (χ2n) is 5.71. The van der Waals surface area contributed by atoms with E-state index in [-0.39, 0.29) is 11.8 Å². The maximum atomic E-state index is 12.5. The van der Waals surface area contributed by atoms with Crippen LogP contribution < -0.4 is 5.32 Å². The van der Waals surface area contributed by atoms with Crippen LogP contribution >= 0.6 is 0 Å². The van der Waals surface area contributed by atoms with Crippen molar-refractivity contribution in [3.05, 3.63) is 30.1 Å². The predicted molar refractivity (Wildman–Crippen MR) is 82.8 cm³/mol. The number of ether oxygens (including phenoxy) is 1. The lowest BCUT2D eigenvalue weighted by molar-refractivity contribution is -0.155. The summed E-state index contributed by atoms with van der Waals surface area (Å²) in [6, 6.07) is 3.72. The van der Waals surface area contributed by atoms with Crippen LogP contribution in [0, 0.1) is 11.8 Å². The molecule has 22 heavy (non-hydrogen) atoms. The SMILES string of the molecule is CCOC(=O)[C@H](C(=O)NCc1cccnc1)C1CCCCC1. The average molecular weight is 304 g/mol. The minimum atomic E-state index is -0.683. The summed E-state index contributed by atoms with van der Waals surface area (Å²) in [4.78, 5) is 28.7. The van der Waals surface area contributed by atoms with E-state index in [1.807, 2.05) is 12.1 Å². The molecule has 0 aliphatic heterocycles. The number of nitrogens with zero attached hydrogens (tertiary/aromatic N) is 1. The fourth-order valence-electron chi connectivity index (χ4n) is 3.01. The maximum Gasteiger partial charge on any atom is 0.318 e. The summed E-state index contributed by atoms with van der Waals surface area (Å²) in [6.07, 6.45) is 8.58. The molecular formula is C17H24N2O3. The van der Waals surface area contributed by atoms with Gasteiger partial charge < -0.3 is 10.1 Å². The molecule has 0 spiro atoms. The van der Waals surface area contributed by atoms with Gasteiger partial charge in [0.25, 0.3) is 0 Å². The zero-order valence-electron chi connectivity index (χ0n) is 13.1. The molecule has 1 N–H and O–H groups in total. The number of hydrogen-bond donors (Lipinski definition) is 1. The van der Waals surface area contributed by atoms with E-state index in [1.165, 1.54) is 6.42 Å². The molecule has 1 amide bonds. The van der Waals surface area contributed by atoms with Gasteiger partial charge in [-0.15, -0.1) is 0 Å². The van der Waals surface area contributed by atoms with Crippen LogP contribution in [0.15, 0.2) is 24.5 Å². The molecule has 1 fully saturated rings. The van der Waals surface area contributed by atoms with Crippen molar-refractivity contribution < 1.29 is 14.3 Å². The molecule has 1 heterocycles. The largest absolute Gasteiger partial charge is 0.465 e. The first-order valence-corrected chi connectivity index (χ1v) is 8.05. The first kappa shape index (κ1) is 16.5. The molecule has 1 aromatic heterocycles. The normalized spacial score (nSPS) is 16.8. The molecule has 1 atom stereocenters. The first-order valence-electron chi connectivity index (χ1n) is 8.05. The van der Waals surface area contributed by atoms with Crippen molar-refractivity contribution in [1.82, 2.24) is 10.3 Å². The highest BCUT2D eigenvalue weighted by molar-refractivity contribution is 5.98. The van der Waals surface area contributed by atoms with E-state index < -0.39 is 11.9 Å². The molecule has 5 nitrogen and oxygen atoms in total. The van der Waals surface area contributed by atoms with Crippen LogP contribution in [-0.2, 0) is 20.9 Å². The van der Waals surface area contributed by atoms with Gasteiger partial charge in [0.05, 0.1) is 6.61 Å². The van der Waals surface area contributed by atoms with Crippen LogP contribution in [0.25, 0.3) is 0 Å². The van der Waals surface area contributed by atoms with Crippen molar-refractivity contribution in [1.29, 1.82) is 0 Å². The summed E-state index contributed by atoms with van der Waals surface area (Å²) in [5.74, 6) is -1.20. The highest BCUT2D eigenvalue weighted by Gasteiger charge is 2.36. The Balaban J connectivity index is 1.99. The molecule has 0 radical (unpaired) electrons. The zero-order chi connectivity index (χ0) is 15.8. The molecule has 0 aromatic carbocycles. The Kier molecular flexibility index (Phi) is 6.37. The minimum Gasteiger partial charge on any atom is -0.465 e. The number of amides is 1. The van der Waals surface area contributed by atoms with E-state index in [1.54, 1.807) is 19.3 Å². The molecule has 1 aromatic rings. The highest BCUT2D eigenvalue weighted by atomic mass is 16.5. The Labute approximate surface area is 131 Å². The van der Waals surface area contributed by atoms with Gasteiger partial charge in [0.15, 0.2) is 0 Å². The van der Waals surface area contributed by atoms with Crippen LogP contribution in [0.4, 0.5) is 0 Å². The van der Waals surface area contributed by atoms with Gasteiger partial charge in [0.2, 0.25) is 5.91 Å². The summed E-state index contributed by atoms with van der Waals surface area (Å²) in [5, 5.41) is 2.86. The van der Waals surface area contributed by atoms with Crippen LogP contribution in [0.3, 0.4) is 0 Å². The number of esters is 1.